The molecule has 1 heterocycles. The Morgan fingerprint density at radius 3 is 1.87 bits per heavy atom. The van der Waals surface area contributed by atoms with E-state index in [1.165, 1.54) is 0 Å². The van der Waals surface area contributed by atoms with Crippen LogP contribution in [-0.2, 0) is 9.59 Å². The lowest BCUT2D eigenvalue weighted by Crippen LogP contribution is -2.54. The molecule has 0 aromatic heterocycles. The molecule has 0 bridgehead atoms. The summed E-state index contributed by atoms with van der Waals surface area (Å²) in [6, 6.07) is 7.66. The fourth-order valence-electron chi connectivity index (χ4n) is 1.33. The van der Waals surface area contributed by atoms with Gasteiger partial charge in [-0.25, -0.2) is 4.79 Å². The van der Waals surface area contributed by atoms with Crippen LogP contribution in [-0.4, -0.2) is 17.8 Å². The van der Waals surface area contributed by atoms with E-state index >= 15 is 0 Å². The van der Waals surface area contributed by atoms with Crippen molar-refractivity contribution in [3.8, 4) is 0 Å². The molecule has 1 aromatic carbocycles. The van der Waals surface area contributed by atoms with Gasteiger partial charge in [-0.05, 0) is 5.56 Å². The molecule has 0 spiro atoms. The summed E-state index contributed by atoms with van der Waals surface area (Å²) in [5, 5.41) is 4.02. The van der Waals surface area contributed by atoms with Crippen LogP contribution in [0.3, 0.4) is 0 Å². The van der Waals surface area contributed by atoms with Crippen LogP contribution in [0.1, 0.15) is 5.56 Å². The van der Waals surface area contributed by atoms with Crippen molar-refractivity contribution in [3.05, 3.63) is 41.8 Å². The van der Waals surface area contributed by atoms with E-state index in [9.17, 15) is 14.4 Å². The minimum absolute atomic E-state index is 0.0461. The number of amides is 4. The fourth-order valence-corrected chi connectivity index (χ4v) is 1.33. The van der Waals surface area contributed by atoms with Crippen LogP contribution in [0.5, 0.6) is 0 Å². The Kier molecular flexibility index (Phi) is 2.21. The zero-order valence-corrected chi connectivity index (χ0v) is 7.61. The van der Waals surface area contributed by atoms with Gasteiger partial charge in [-0.3, -0.25) is 20.2 Å². The molecule has 0 atom stereocenters. The lowest BCUT2D eigenvalue weighted by molar-refractivity contribution is -0.126. The van der Waals surface area contributed by atoms with E-state index in [0.29, 0.717) is 5.56 Å². The van der Waals surface area contributed by atoms with Gasteiger partial charge < -0.3 is 0 Å². The number of nitrogens with one attached hydrogen (secondary N) is 2. The Hall–Kier alpha value is -2.17. The summed E-state index contributed by atoms with van der Waals surface area (Å²) in [4.78, 5) is 33.6. The molecule has 1 fully saturated rings. The topological polar surface area (TPSA) is 75.3 Å². The summed E-state index contributed by atoms with van der Waals surface area (Å²) in [6.07, 6.45) is 0. The third kappa shape index (κ3) is 1.71. The maximum Gasteiger partial charge on any atom is 0.328 e. The smallest absolute Gasteiger partial charge is 0.276 e. The van der Waals surface area contributed by atoms with Crippen molar-refractivity contribution in [2.45, 2.75) is 0 Å². The summed E-state index contributed by atoms with van der Waals surface area (Å²) in [5.41, 5.74) is 0.486. The molecule has 1 aliphatic rings. The van der Waals surface area contributed by atoms with Gasteiger partial charge in [0.2, 0.25) is 11.8 Å². The number of hydrogen-bond acceptors (Lipinski definition) is 3. The summed E-state index contributed by atoms with van der Waals surface area (Å²) >= 11 is 0. The van der Waals surface area contributed by atoms with Gasteiger partial charge in [0.1, 0.15) is 0 Å². The minimum Gasteiger partial charge on any atom is -0.276 e. The number of urea groups is 1. The zero-order valence-electron chi connectivity index (χ0n) is 7.61. The van der Waals surface area contributed by atoms with Gasteiger partial charge in [-0.2, -0.15) is 0 Å². The summed E-state index contributed by atoms with van der Waals surface area (Å²) in [7, 11) is 0. The minimum atomic E-state index is -0.787. The van der Waals surface area contributed by atoms with Gasteiger partial charge in [0, 0.05) is 0 Å². The lowest BCUT2D eigenvalue weighted by atomic mass is 9.96. The van der Waals surface area contributed by atoms with Crippen molar-refractivity contribution in [1.82, 2.24) is 10.6 Å². The molecule has 0 aliphatic carbocycles. The highest BCUT2D eigenvalue weighted by molar-refractivity contribution is 6.28. The first-order chi connectivity index (χ1) is 7.18. The first-order valence-electron chi connectivity index (χ1n) is 4.27. The summed E-state index contributed by atoms with van der Waals surface area (Å²) in [6.45, 7) is 0. The number of hydrogen-bond donors (Lipinski definition) is 2. The molecule has 0 unspecified atom stereocenters. The van der Waals surface area contributed by atoms with Crippen LogP contribution in [0.25, 0.3) is 0 Å². The first-order valence-corrected chi connectivity index (χ1v) is 4.27. The molecule has 1 aliphatic heterocycles. The Morgan fingerprint density at radius 2 is 1.33 bits per heavy atom. The maximum absolute atomic E-state index is 11.4. The molecule has 1 saturated heterocycles. The van der Waals surface area contributed by atoms with E-state index in [4.69, 9.17) is 0 Å². The quantitative estimate of drug-likeness (QED) is 0.673. The van der Waals surface area contributed by atoms with Crippen LogP contribution in [0.4, 0.5) is 4.79 Å². The third-order valence-corrected chi connectivity index (χ3v) is 1.97. The Bertz CT molecular complexity index is 408. The van der Waals surface area contributed by atoms with Gasteiger partial charge >= 0.3 is 6.03 Å². The molecule has 4 amide bonds. The van der Waals surface area contributed by atoms with Crippen LogP contribution < -0.4 is 10.6 Å². The van der Waals surface area contributed by atoms with Gasteiger partial charge in [0.05, 0.1) is 0 Å². The number of carbonyl (C=O) groups excluding carboxylic acids is 3. The van der Waals surface area contributed by atoms with Crippen LogP contribution in [0, 0.1) is 5.92 Å². The summed E-state index contributed by atoms with van der Waals surface area (Å²) in [5.74, 6) is -1.39. The number of barbiturate groups is 1. The number of carbonyl (C=O) groups is 3. The molecular weight excluding hydrogens is 196 g/mol. The van der Waals surface area contributed by atoms with Gasteiger partial charge in [0.25, 0.3) is 0 Å². The van der Waals surface area contributed by atoms with Crippen LogP contribution in [0.15, 0.2) is 30.3 Å². The van der Waals surface area contributed by atoms with E-state index < -0.39 is 17.8 Å². The second-order valence-corrected chi connectivity index (χ2v) is 2.98. The number of imide groups is 2. The van der Waals surface area contributed by atoms with Crippen LogP contribution in [0.2, 0.25) is 0 Å². The maximum atomic E-state index is 11.4. The normalized spacial score (nSPS) is 17.2. The standard InChI is InChI=1S/C10H7N2O3/c13-8-7(6-4-2-1-3-5-6)9(14)12-10(15)11-8/h1-5H,(H2,11,12,13,14,15). The Labute approximate surface area is 85.5 Å². The Morgan fingerprint density at radius 1 is 0.800 bits per heavy atom. The lowest BCUT2D eigenvalue weighted by Gasteiger charge is -2.19. The summed E-state index contributed by atoms with van der Waals surface area (Å²) < 4.78 is 0. The van der Waals surface area contributed by atoms with E-state index in [0.717, 1.165) is 0 Å². The van der Waals surface area contributed by atoms with Crippen LogP contribution >= 0.6 is 0 Å². The fraction of sp³-hybridized carbons (Fsp3) is 0. The van der Waals surface area contributed by atoms with Crippen molar-refractivity contribution in [2.24, 2.45) is 0 Å². The van der Waals surface area contributed by atoms with Crippen molar-refractivity contribution >= 4 is 17.8 Å². The van der Waals surface area contributed by atoms with E-state index in [-0.39, 0.29) is 5.92 Å². The average molecular weight is 203 g/mol. The van der Waals surface area contributed by atoms with E-state index in [1.807, 2.05) is 10.6 Å². The molecule has 0 saturated carbocycles. The molecule has 75 valence electrons. The zero-order chi connectivity index (χ0) is 10.8. The van der Waals surface area contributed by atoms with Crippen molar-refractivity contribution in [1.29, 1.82) is 0 Å². The molecule has 5 nitrogen and oxygen atoms in total. The average Bonchev–Trinajstić information content (AvgIpc) is 2.17. The second-order valence-electron chi connectivity index (χ2n) is 2.98. The van der Waals surface area contributed by atoms with E-state index in [1.54, 1.807) is 30.3 Å². The van der Waals surface area contributed by atoms with Gasteiger partial charge in [-0.1, -0.05) is 30.3 Å². The molecular formula is C10H7N2O3. The highest BCUT2D eigenvalue weighted by Gasteiger charge is 2.36. The first kappa shape index (κ1) is 9.39. The number of rotatable bonds is 1. The number of benzene rings is 1. The van der Waals surface area contributed by atoms with Gasteiger partial charge in [-0.15, -0.1) is 0 Å². The molecule has 2 N–H and O–H groups in total. The molecule has 5 heteroatoms. The molecule has 1 radical (unpaired) electrons. The molecule has 1 aromatic rings. The highest BCUT2D eigenvalue weighted by Crippen LogP contribution is 2.16. The Balaban J connectivity index is 2.33. The third-order valence-electron chi connectivity index (χ3n) is 1.97. The van der Waals surface area contributed by atoms with Crippen molar-refractivity contribution < 1.29 is 14.4 Å². The predicted octanol–water partition coefficient (Wildman–Crippen LogP) is -0.0248. The monoisotopic (exact) mass is 203 g/mol. The van der Waals surface area contributed by atoms with Gasteiger partial charge in [0.15, 0.2) is 5.92 Å². The van der Waals surface area contributed by atoms with Crippen molar-refractivity contribution in [3.63, 3.8) is 0 Å². The van der Waals surface area contributed by atoms with Crippen molar-refractivity contribution in [2.75, 3.05) is 0 Å². The predicted molar refractivity (Wildman–Crippen MR) is 50.5 cm³/mol. The molecule has 15 heavy (non-hydrogen) atoms. The SMILES string of the molecule is O=C1NC(=O)[C](c2ccccc2)C(=O)N1. The molecule has 2 rings (SSSR count). The highest BCUT2D eigenvalue weighted by atomic mass is 16.2. The van der Waals surface area contributed by atoms with E-state index in [2.05, 4.69) is 0 Å². The largest absolute Gasteiger partial charge is 0.328 e. The second kappa shape index (κ2) is 3.53.